The molecule has 4 rings (SSSR count). The Balaban J connectivity index is 1.61. The molecule has 1 heteroatoms. The molecule has 0 saturated carbocycles. The van der Waals surface area contributed by atoms with Crippen molar-refractivity contribution in [3.63, 3.8) is 0 Å². The third-order valence-corrected chi connectivity index (χ3v) is 9.47. The molecule has 0 N–H and O–H groups in total. The molecule has 4 aromatic rings. The van der Waals surface area contributed by atoms with Gasteiger partial charge in [0.15, 0.2) is 0 Å². The van der Waals surface area contributed by atoms with Crippen LogP contribution in [0.25, 0.3) is 22.3 Å². The smallest absolute Gasteiger partial charge is 0.0620 e. The predicted octanol–water partition coefficient (Wildman–Crippen LogP) is 6.46. The number of rotatable bonds is 4. The second-order valence-corrected chi connectivity index (χ2v) is 12.9. The van der Waals surface area contributed by atoms with Crippen LogP contribution in [0.1, 0.15) is 11.1 Å². The van der Waals surface area contributed by atoms with Crippen LogP contribution in [0.5, 0.6) is 0 Å². The van der Waals surface area contributed by atoms with Crippen LogP contribution in [-0.4, -0.2) is 8.07 Å². The summed E-state index contributed by atoms with van der Waals surface area (Å²) in [4.78, 5) is 0. The Morgan fingerprint density at radius 1 is 0.448 bits per heavy atom. The number of hydrogen-bond donors (Lipinski definition) is 0. The molecule has 0 aliphatic carbocycles. The molecule has 29 heavy (non-hydrogen) atoms. The highest BCUT2D eigenvalue weighted by atomic mass is 28.3. The van der Waals surface area contributed by atoms with Gasteiger partial charge in [0.2, 0.25) is 0 Å². The van der Waals surface area contributed by atoms with Crippen LogP contribution in [0, 0.1) is 13.8 Å². The summed E-state index contributed by atoms with van der Waals surface area (Å²) in [5, 5.41) is 2.94. The maximum absolute atomic E-state index is 2.44. The van der Waals surface area contributed by atoms with Gasteiger partial charge < -0.3 is 0 Å². The molecule has 0 aromatic heterocycles. The van der Waals surface area contributed by atoms with Crippen LogP contribution in [-0.2, 0) is 0 Å². The van der Waals surface area contributed by atoms with Gasteiger partial charge in [0, 0.05) is 0 Å². The van der Waals surface area contributed by atoms with Crippen LogP contribution >= 0.6 is 0 Å². The minimum absolute atomic E-state index is 1.29. The average Bonchev–Trinajstić information content (AvgIpc) is 2.74. The van der Waals surface area contributed by atoms with E-state index in [4.69, 9.17) is 0 Å². The highest BCUT2D eigenvalue weighted by molar-refractivity contribution is 7.00. The molecule has 0 unspecified atom stereocenters. The lowest BCUT2D eigenvalue weighted by Crippen LogP contribution is -2.52. The van der Waals surface area contributed by atoms with E-state index in [1.54, 1.807) is 0 Å². The number of benzene rings is 4. The highest BCUT2D eigenvalue weighted by Crippen LogP contribution is 2.22. The fourth-order valence-corrected chi connectivity index (χ4v) is 6.31. The largest absolute Gasteiger partial charge is 0.112 e. The zero-order valence-corrected chi connectivity index (χ0v) is 18.7. The van der Waals surface area contributed by atoms with Gasteiger partial charge >= 0.3 is 0 Å². The van der Waals surface area contributed by atoms with Crippen molar-refractivity contribution in [2.45, 2.75) is 26.9 Å². The van der Waals surface area contributed by atoms with Crippen molar-refractivity contribution >= 4 is 18.4 Å². The third kappa shape index (κ3) is 4.11. The Bertz CT molecular complexity index is 1030. The molecule has 0 saturated heterocycles. The second kappa shape index (κ2) is 7.85. The second-order valence-electron chi connectivity index (χ2n) is 8.52. The Morgan fingerprint density at radius 2 is 0.828 bits per heavy atom. The van der Waals surface area contributed by atoms with E-state index in [1.165, 1.54) is 43.8 Å². The van der Waals surface area contributed by atoms with Gasteiger partial charge in [-0.15, -0.1) is 0 Å². The van der Waals surface area contributed by atoms with Gasteiger partial charge in [-0.3, -0.25) is 0 Å². The molecule has 144 valence electrons. The highest BCUT2D eigenvalue weighted by Gasteiger charge is 2.25. The van der Waals surface area contributed by atoms with Crippen molar-refractivity contribution in [1.82, 2.24) is 0 Å². The maximum atomic E-state index is 2.44. The average molecular weight is 393 g/mol. The van der Waals surface area contributed by atoms with Crippen molar-refractivity contribution in [3.8, 4) is 22.3 Å². The van der Waals surface area contributed by atoms with Crippen LogP contribution in [0.4, 0.5) is 0 Å². The molecule has 0 heterocycles. The van der Waals surface area contributed by atoms with E-state index in [-0.39, 0.29) is 0 Å². The summed E-state index contributed by atoms with van der Waals surface area (Å²) in [7, 11) is -1.73. The topological polar surface area (TPSA) is 0 Å². The van der Waals surface area contributed by atoms with Crippen molar-refractivity contribution in [2.75, 3.05) is 0 Å². The summed E-state index contributed by atoms with van der Waals surface area (Å²) < 4.78 is 0. The molecule has 0 aliphatic rings. The fourth-order valence-electron chi connectivity index (χ4n) is 3.97. The maximum Gasteiger partial charge on any atom is 0.112 e. The van der Waals surface area contributed by atoms with Crippen molar-refractivity contribution in [3.05, 3.63) is 108 Å². The first kappa shape index (κ1) is 19.4. The lowest BCUT2D eigenvalue weighted by atomic mass is 10.0. The minimum atomic E-state index is -1.73. The van der Waals surface area contributed by atoms with E-state index in [9.17, 15) is 0 Å². The summed E-state index contributed by atoms with van der Waals surface area (Å²) in [6.07, 6.45) is 0. The Labute approximate surface area is 175 Å². The Kier molecular flexibility index (Phi) is 5.25. The zero-order valence-electron chi connectivity index (χ0n) is 17.7. The molecule has 0 bridgehead atoms. The van der Waals surface area contributed by atoms with Crippen LogP contribution in [0.3, 0.4) is 0 Å². The number of hydrogen-bond acceptors (Lipinski definition) is 0. The van der Waals surface area contributed by atoms with E-state index in [0.29, 0.717) is 0 Å². The van der Waals surface area contributed by atoms with Crippen LogP contribution in [0.2, 0.25) is 13.1 Å². The SMILES string of the molecule is Cc1cccc(-c2ccc([Si](C)(C)c3ccc(-c4cccc(C)c4)cc3)cc2)c1. The molecule has 0 nitrogen and oxygen atoms in total. The minimum Gasteiger partial charge on any atom is -0.0620 e. The first-order valence-electron chi connectivity index (χ1n) is 10.3. The molecule has 0 aliphatic heterocycles. The van der Waals surface area contributed by atoms with E-state index in [0.717, 1.165) is 0 Å². The van der Waals surface area contributed by atoms with Crippen molar-refractivity contribution in [1.29, 1.82) is 0 Å². The third-order valence-electron chi connectivity index (χ3n) is 5.92. The molecule has 0 spiro atoms. The molecule has 0 fully saturated rings. The monoisotopic (exact) mass is 392 g/mol. The molecular weight excluding hydrogens is 364 g/mol. The molecule has 0 atom stereocenters. The molecule has 0 radical (unpaired) electrons. The van der Waals surface area contributed by atoms with Gasteiger partial charge in [0.25, 0.3) is 0 Å². The summed E-state index contributed by atoms with van der Waals surface area (Å²) in [6, 6.07) is 35.9. The van der Waals surface area contributed by atoms with Crippen molar-refractivity contribution < 1.29 is 0 Å². The van der Waals surface area contributed by atoms with Gasteiger partial charge in [-0.2, -0.15) is 0 Å². The lowest BCUT2D eigenvalue weighted by molar-refractivity contribution is 1.47. The summed E-state index contributed by atoms with van der Waals surface area (Å²) in [5.41, 5.74) is 7.76. The first-order chi connectivity index (χ1) is 13.9. The summed E-state index contributed by atoms with van der Waals surface area (Å²) in [6.45, 7) is 9.18. The van der Waals surface area contributed by atoms with E-state index in [1.807, 2.05) is 0 Å². The Morgan fingerprint density at radius 3 is 1.17 bits per heavy atom. The van der Waals surface area contributed by atoms with Gasteiger partial charge in [-0.05, 0) is 36.1 Å². The fraction of sp³-hybridized carbons (Fsp3) is 0.143. The van der Waals surface area contributed by atoms with Crippen LogP contribution in [0.15, 0.2) is 97.1 Å². The summed E-state index contributed by atoms with van der Waals surface area (Å²) >= 11 is 0. The quantitative estimate of drug-likeness (QED) is 0.350. The van der Waals surface area contributed by atoms with Gasteiger partial charge in [-0.25, -0.2) is 0 Å². The molecular formula is C28H28Si. The Hall–Kier alpha value is -2.90. The molecule has 4 aromatic carbocycles. The van der Waals surface area contributed by atoms with Crippen LogP contribution < -0.4 is 10.4 Å². The van der Waals surface area contributed by atoms with Gasteiger partial charge in [0.05, 0.1) is 0 Å². The predicted molar refractivity (Wildman–Crippen MR) is 130 cm³/mol. The van der Waals surface area contributed by atoms with Crippen molar-refractivity contribution in [2.24, 2.45) is 0 Å². The molecule has 0 amide bonds. The standard InChI is InChI=1S/C28H28Si/c1-21-7-5-9-25(19-21)23-11-15-27(16-12-23)29(3,4)28-17-13-24(14-18-28)26-10-6-8-22(2)20-26/h5-20H,1-4H3. The number of aryl methyl sites for hydroxylation is 2. The lowest BCUT2D eigenvalue weighted by Gasteiger charge is -2.24. The van der Waals surface area contributed by atoms with Gasteiger partial charge in [0.1, 0.15) is 8.07 Å². The van der Waals surface area contributed by atoms with E-state index >= 15 is 0 Å². The van der Waals surface area contributed by atoms with Gasteiger partial charge in [-0.1, -0.05) is 132 Å². The van der Waals surface area contributed by atoms with E-state index in [2.05, 4.69) is 124 Å². The first-order valence-corrected chi connectivity index (χ1v) is 13.3. The summed E-state index contributed by atoms with van der Waals surface area (Å²) in [5.74, 6) is 0. The zero-order chi connectivity index (χ0) is 20.4. The van der Waals surface area contributed by atoms with E-state index < -0.39 is 8.07 Å². The normalized spacial score (nSPS) is 11.4.